The fourth-order valence-electron chi connectivity index (χ4n) is 2.03. The molecular formula is C16H8BrCl2NO2. The number of benzene rings is 2. The maximum atomic E-state index is 12.0. The van der Waals surface area contributed by atoms with Crippen LogP contribution in [-0.2, 0) is 9.63 Å². The van der Waals surface area contributed by atoms with Crippen molar-refractivity contribution < 1.29 is 9.63 Å². The Morgan fingerprint density at radius 2 is 1.91 bits per heavy atom. The summed E-state index contributed by atoms with van der Waals surface area (Å²) in [5.41, 5.74) is 2.17. The third kappa shape index (κ3) is 2.95. The van der Waals surface area contributed by atoms with Crippen molar-refractivity contribution in [2.75, 3.05) is 0 Å². The minimum Gasteiger partial charge on any atom is -0.312 e. The largest absolute Gasteiger partial charge is 0.368 e. The number of hydrogen-bond donors (Lipinski definition) is 0. The molecular weight excluding hydrogens is 389 g/mol. The number of halogens is 3. The van der Waals surface area contributed by atoms with Crippen LogP contribution in [0, 0.1) is 0 Å². The molecule has 0 bridgehead atoms. The van der Waals surface area contributed by atoms with Crippen LogP contribution in [-0.4, -0.2) is 11.7 Å². The van der Waals surface area contributed by atoms with Gasteiger partial charge in [-0.15, -0.1) is 0 Å². The van der Waals surface area contributed by atoms with Crippen molar-refractivity contribution in [1.82, 2.24) is 0 Å². The van der Waals surface area contributed by atoms with Gasteiger partial charge >= 0.3 is 5.97 Å². The van der Waals surface area contributed by atoms with E-state index < -0.39 is 5.97 Å². The molecule has 110 valence electrons. The van der Waals surface area contributed by atoms with E-state index in [9.17, 15) is 4.79 Å². The quantitative estimate of drug-likeness (QED) is 0.523. The number of nitrogens with zero attached hydrogens (tertiary/aromatic N) is 1. The van der Waals surface area contributed by atoms with E-state index in [0.29, 0.717) is 26.9 Å². The second-order valence-electron chi connectivity index (χ2n) is 4.52. The first-order valence-corrected chi connectivity index (χ1v) is 7.82. The van der Waals surface area contributed by atoms with Gasteiger partial charge in [-0.3, -0.25) is 0 Å². The second-order valence-corrected chi connectivity index (χ2v) is 6.22. The molecule has 1 aliphatic rings. The molecule has 0 unspecified atom stereocenters. The molecule has 0 saturated heterocycles. The van der Waals surface area contributed by atoms with E-state index in [0.717, 1.165) is 10.0 Å². The van der Waals surface area contributed by atoms with Crippen molar-refractivity contribution in [3.8, 4) is 0 Å². The Balaban J connectivity index is 2.08. The number of oxime groups is 1. The van der Waals surface area contributed by atoms with Gasteiger partial charge in [0.15, 0.2) is 0 Å². The molecule has 3 rings (SSSR count). The van der Waals surface area contributed by atoms with Crippen molar-refractivity contribution >= 4 is 56.9 Å². The lowest BCUT2D eigenvalue weighted by molar-refractivity contribution is -0.136. The second kappa shape index (κ2) is 6.24. The summed E-state index contributed by atoms with van der Waals surface area (Å²) in [5.74, 6) is -0.517. The Kier molecular flexibility index (Phi) is 4.34. The summed E-state index contributed by atoms with van der Waals surface area (Å²) in [6.07, 6.45) is 1.71. The highest BCUT2D eigenvalue weighted by Gasteiger charge is 2.28. The van der Waals surface area contributed by atoms with E-state index in [4.69, 9.17) is 28.0 Å². The zero-order chi connectivity index (χ0) is 15.7. The zero-order valence-electron chi connectivity index (χ0n) is 11.0. The molecule has 0 radical (unpaired) electrons. The van der Waals surface area contributed by atoms with E-state index in [2.05, 4.69) is 21.1 Å². The fraction of sp³-hybridized carbons (Fsp3) is 0. The van der Waals surface area contributed by atoms with Gasteiger partial charge in [0, 0.05) is 15.1 Å². The van der Waals surface area contributed by atoms with Gasteiger partial charge in [0.05, 0.1) is 10.6 Å². The topological polar surface area (TPSA) is 38.7 Å². The van der Waals surface area contributed by atoms with Gasteiger partial charge in [-0.25, -0.2) is 4.79 Å². The summed E-state index contributed by atoms with van der Waals surface area (Å²) in [4.78, 5) is 16.8. The monoisotopic (exact) mass is 395 g/mol. The van der Waals surface area contributed by atoms with E-state index in [1.165, 1.54) is 0 Å². The van der Waals surface area contributed by atoms with Gasteiger partial charge < -0.3 is 4.84 Å². The van der Waals surface area contributed by atoms with Crippen LogP contribution in [0.1, 0.15) is 11.1 Å². The number of rotatable bonds is 2. The van der Waals surface area contributed by atoms with E-state index in [1.807, 2.05) is 24.3 Å². The predicted molar refractivity (Wildman–Crippen MR) is 91.2 cm³/mol. The van der Waals surface area contributed by atoms with E-state index in [-0.39, 0.29) is 0 Å². The molecule has 1 heterocycles. The van der Waals surface area contributed by atoms with Gasteiger partial charge in [0.1, 0.15) is 5.71 Å². The Labute approximate surface area is 145 Å². The standard InChI is InChI=1S/C16H8BrCl2NO2/c17-13-4-2-1-3-9(13)7-12-15(20-22-16(12)21)11-6-5-10(18)8-14(11)19/h1-8H. The van der Waals surface area contributed by atoms with Crippen LogP contribution in [0.2, 0.25) is 10.0 Å². The maximum absolute atomic E-state index is 12.0. The Morgan fingerprint density at radius 1 is 1.14 bits per heavy atom. The predicted octanol–water partition coefficient (Wildman–Crippen LogP) is 5.10. The summed E-state index contributed by atoms with van der Waals surface area (Å²) in [7, 11) is 0. The minimum absolute atomic E-state index is 0.344. The van der Waals surface area contributed by atoms with Crippen molar-refractivity contribution in [2.45, 2.75) is 0 Å². The zero-order valence-corrected chi connectivity index (χ0v) is 14.1. The van der Waals surface area contributed by atoms with Crippen LogP contribution in [0.15, 0.2) is 57.7 Å². The molecule has 0 N–H and O–H groups in total. The molecule has 2 aromatic carbocycles. The van der Waals surface area contributed by atoms with E-state index >= 15 is 0 Å². The van der Waals surface area contributed by atoms with Gasteiger partial charge in [0.2, 0.25) is 0 Å². The molecule has 2 aromatic rings. The number of hydrogen-bond acceptors (Lipinski definition) is 3. The fourth-order valence-corrected chi connectivity index (χ4v) is 2.93. The molecule has 0 spiro atoms. The first kappa shape index (κ1) is 15.3. The highest BCUT2D eigenvalue weighted by Crippen LogP contribution is 2.29. The van der Waals surface area contributed by atoms with Gasteiger partial charge in [-0.2, -0.15) is 0 Å². The average molecular weight is 397 g/mol. The average Bonchev–Trinajstić information content (AvgIpc) is 2.83. The summed E-state index contributed by atoms with van der Waals surface area (Å²) in [5, 5.41) is 4.76. The Bertz CT molecular complexity index is 831. The van der Waals surface area contributed by atoms with Crippen LogP contribution in [0.3, 0.4) is 0 Å². The smallest absolute Gasteiger partial charge is 0.312 e. The van der Waals surface area contributed by atoms with Crippen LogP contribution < -0.4 is 0 Å². The highest BCUT2D eigenvalue weighted by molar-refractivity contribution is 9.10. The normalized spacial score (nSPS) is 15.9. The minimum atomic E-state index is -0.517. The van der Waals surface area contributed by atoms with Crippen LogP contribution in [0.4, 0.5) is 0 Å². The molecule has 0 aromatic heterocycles. The summed E-state index contributed by atoms with van der Waals surface area (Å²) in [6.45, 7) is 0. The molecule has 0 fully saturated rings. The molecule has 0 saturated carbocycles. The molecule has 3 nitrogen and oxygen atoms in total. The highest BCUT2D eigenvalue weighted by atomic mass is 79.9. The SMILES string of the molecule is O=C1ON=C(c2ccc(Cl)cc2Cl)C1=Cc1ccccc1Br. The molecule has 0 amide bonds. The van der Waals surface area contributed by atoms with Crippen molar-refractivity contribution in [3.05, 3.63) is 73.7 Å². The molecule has 22 heavy (non-hydrogen) atoms. The van der Waals surface area contributed by atoms with Crippen molar-refractivity contribution in [3.63, 3.8) is 0 Å². The lowest BCUT2D eigenvalue weighted by Gasteiger charge is -2.04. The third-order valence-corrected chi connectivity index (χ3v) is 4.36. The molecule has 0 atom stereocenters. The third-order valence-electron chi connectivity index (χ3n) is 3.09. The van der Waals surface area contributed by atoms with Gasteiger partial charge in [0.25, 0.3) is 0 Å². The van der Waals surface area contributed by atoms with Gasteiger partial charge in [-0.05, 0) is 35.9 Å². The first-order valence-electron chi connectivity index (χ1n) is 6.27. The number of carbonyl (C=O) groups is 1. The van der Waals surface area contributed by atoms with Crippen molar-refractivity contribution in [2.24, 2.45) is 5.16 Å². The van der Waals surface area contributed by atoms with Crippen LogP contribution in [0.5, 0.6) is 0 Å². The lowest BCUT2D eigenvalue weighted by atomic mass is 10.0. The maximum Gasteiger partial charge on any atom is 0.368 e. The summed E-state index contributed by atoms with van der Waals surface area (Å²) in [6, 6.07) is 12.5. The van der Waals surface area contributed by atoms with Crippen LogP contribution >= 0.6 is 39.1 Å². The molecule has 1 aliphatic heterocycles. The van der Waals surface area contributed by atoms with E-state index in [1.54, 1.807) is 24.3 Å². The molecule has 0 aliphatic carbocycles. The first-order chi connectivity index (χ1) is 10.6. The summed E-state index contributed by atoms with van der Waals surface area (Å²) >= 11 is 15.5. The lowest BCUT2D eigenvalue weighted by Crippen LogP contribution is -2.07. The number of carbonyl (C=O) groups excluding carboxylic acids is 1. The van der Waals surface area contributed by atoms with Crippen molar-refractivity contribution in [1.29, 1.82) is 0 Å². The Hall–Kier alpha value is -1.62. The molecule has 6 heteroatoms. The van der Waals surface area contributed by atoms with Gasteiger partial charge in [-0.1, -0.05) is 62.5 Å². The summed E-state index contributed by atoms with van der Waals surface area (Å²) < 4.78 is 0.865. The Morgan fingerprint density at radius 3 is 2.64 bits per heavy atom. The van der Waals surface area contributed by atoms with Crippen LogP contribution in [0.25, 0.3) is 6.08 Å².